The van der Waals surface area contributed by atoms with Crippen molar-refractivity contribution < 1.29 is 29.0 Å². The van der Waals surface area contributed by atoms with Crippen molar-refractivity contribution in [3.05, 3.63) is 107 Å². The van der Waals surface area contributed by atoms with Crippen LogP contribution in [0, 0.1) is 0 Å². The van der Waals surface area contributed by atoms with Crippen molar-refractivity contribution in [2.45, 2.75) is 5.97 Å². The third kappa shape index (κ3) is 3.97. The average molecular weight is 404 g/mol. The van der Waals surface area contributed by atoms with E-state index in [9.17, 15) is 19.5 Å². The van der Waals surface area contributed by atoms with Gasteiger partial charge < -0.3 is 14.6 Å². The molecule has 0 aliphatic heterocycles. The Morgan fingerprint density at radius 3 is 1.33 bits per heavy atom. The van der Waals surface area contributed by atoms with Crippen molar-refractivity contribution in [2.75, 3.05) is 14.2 Å². The van der Waals surface area contributed by atoms with E-state index in [4.69, 9.17) is 0 Å². The zero-order valence-corrected chi connectivity index (χ0v) is 16.5. The summed E-state index contributed by atoms with van der Waals surface area (Å²) in [7, 11) is 2.40. The van der Waals surface area contributed by atoms with Gasteiger partial charge in [-0.25, -0.2) is 0 Å². The Kier molecular flexibility index (Phi) is 6.32. The van der Waals surface area contributed by atoms with Crippen molar-refractivity contribution in [1.82, 2.24) is 0 Å². The van der Waals surface area contributed by atoms with Crippen LogP contribution in [0.2, 0.25) is 0 Å². The van der Waals surface area contributed by atoms with Gasteiger partial charge in [-0.3, -0.25) is 14.4 Å². The molecule has 0 fully saturated rings. The first kappa shape index (κ1) is 21.3. The van der Waals surface area contributed by atoms with E-state index in [1.807, 2.05) is 0 Å². The van der Waals surface area contributed by atoms with Crippen LogP contribution in [0.1, 0.15) is 42.2 Å². The smallest absolute Gasteiger partial charge is 0.337 e. The molecule has 1 aliphatic carbocycles. The fourth-order valence-electron chi connectivity index (χ4n) is 3.09. The summed E-state index contributed by atoms with van der Waals surface area (Å²) in [6.45, 7) is 0. The molecule has 1 aliphatic rings. The first-order valence-electron chi connectivity index (χ1n) is 9.13. The molecule has 30 heavy (non-hydrogen) atoms. The van der Waals surface area contributed by atoms with Crippen LogP contribution in [0.15, 0.2) is 78.9 Å². The van der Waals surface area contributed by atoms with E-state index >= 15 is 0 Å². The number of Topliss-reactive ketones (excluding diaryl/α,β-unsaturated/α-hetero) is 1. The zero-order valence-electron chi connectivity index (χ0n) is 16.5. The molecular weight excluding hydrogens is 384 g/mol. The highest BCUT2D eigenvalue weighted by molar-refractivity contribution is 6.28. The van der Waals surface area contributed by atoms with E-state index in [1.165, 1.54) is 14.2 Å². The van der Waals surface area contributed by atoms with Gasteiger partial charge in [0.25, 0.3) is 5.78 Å². The Morgan fingerprint density at radius 1 is 0.667 bits per heavy atom. The molecule has 3 aromatic carbocycles. The third-order valence-corrected chi connectivity index (χ3v) is 4.71. The lowest BCUT2D eigenvalue weighted by molar-refractivity contribution is -0.298. The number of benzene rings is 3. The molecule has 0 bridgehead atoms. The lowest BCUT2D eigenvalue weighted by Gasteiger charge is -2.22. The molecule has 0 heterocycles. The monoisotopic (exact) mass is 404 g/mol. The molecule has 3 aromatic rings. The van der Waals surface area contributed by atoms with Crippen molar-refractivity contribution >= 4 is 17.3 Å². The Labute approximate surface area is 173 Å². The second kappa shape index (κ2) is 8.92. The molecule has 1 N–H and O–H groups in total. The van der Waals surface area contributed by atoms with Crippen LogP contribution in [-0.2, 0) is 9.47 Å². The van der Waals surface area contributed by atoms with E-state index in [1.54, 1.807) is 78.9 Å². The van der Waals surface area contributed by atoms with Gasteiger partial charge in [-0.05, 0) is 0 Å². The Bertz CT molecular complexity index is 978. The lowest BCUT2D eigenvalue weighted by atomic mass is 9.84. The molecule has 6 nitrogen and oxygen atoms in total. The van der Waals surface area contributed by atoms with Gasteiger partial charge in [-0.15, -0.1) is 0 Å². The van der Waals surface area contributed by atoms with Crippen molar-refractivity contribution in [1.29, 1.82) is 0 Å². The number of ether oxygens (including phenoxy) is 2. The number of rotatable bonds is 4. The Morgan fingerprint density at radius 2 is 1.00 bits per heavy atom. The van der Waals surface area contributed by atoms with Gasteiger partial charge in [-0.1, -0.05) is 78.9 Å². The Hall–Kier alpha value is -3.45. The molecule has 6 heteroatoms. The number of fused-ring (bicyclic) bond motifs is 2. The summed E-state index contributed by atoms with van der Waals surface area (Å²) >= 11 is 0. The predicted octanol–water partition coefficient (Wildman–Crippen LogP) is 3.27. The molecule has 152 valence electrons. The van der Waals surface area contributed by atoms with Gasteiger partial charge in [0.05, 0.1) is 0 Å². The van der Waals surface area contributed by atoms with Crippen LogP contribution in [0.4, 0.5) is 0 Å². The summed E-state index contributed by atoms with van der Waals surface area (Å²) in [5.41, 5.74) is 2.36. The largest absolute Gasteiger partial charge is 0.348 e. The SMILES string of the molecule is COC(O)(OC)C(=O)c1ccccc1.O=C1c2ccccc2C(=O)c2ccccc21. The molecular formula is C24H20O6. The van der Waals surface area contributed by atoms with Crippen molar-refractivity contribution in [2.24, 2.45) is 0 Å². The molecule has 0 radical (unpaired) electrons. The number of methoxy groups -OCH3 is 2. The molecule has 0 amide bonds. The number of aliphatic hydroxyl groups is 1. The van der Waals surface area contributed by atoms with Gasteiger partial charge in [0.1, 0.15) is 0 Å². The van der Waals surface area contributed by atoms with Crippen LogP contribution in [0.3, 0.4) is 0 Å². The van der Waals surface area contributed by atoms with E-state index < -0.39 is 11.8 Å². The van der Waals surface area contributed by atoms with Gasteiger partial charge in [-0.2, -0.15) is 0 Å². The number of hydrogen-bond acceptors (Lipinski definition) is 6. The van der Waals surface area contributed by atoms with Crippen LogP contribution in [0.25, 0.3) is 0 Å². The summed E-state index contributed by atoms with van der Waals surface area (Å²) in [6, 6.07) is 22.2. The van der Waals surface area contributed by atoms with Crippen LogP contribution in [-0.4, -0.2) is 42.6 Å². The highest BCUT2D eigenvalue weighted by Crippen LogP contribution is 2.26. The first-order chi connectivity index (χ1) is 14.4. The zero-order chi connectivity index (χ0) is 21.7. The molecule has 0 spiro atoms. The second-order valence-electron chi connectivity index (χ2n) is 6.43. The quantitative estimate of drug-likeness (QED) is 0.415. The minimum atomic E-state index is -2.19. The minimum Gasteiger partial charge on any atom is -0.337 e. The van der Waals surface area contributed by atoms with Gasteiger partial charge in [0.15, 0.2) is 11.6 Å². The molecule has 0 aromatic heterocycles. The molecule has 0 saturated carbocycles. The summed E-state index contributed by atoms with van der Waals surface area (Å²) < 4.78 is 9.17. The summed E-state index contributed by atoms with van der Waals surface area (Å²) in [6.07, 6.45) is 0. The van der Waals surface area contributed by atoms with Crippen LogP contribution < -0.4 is 0 Å². The highest BCUT2D eigenvalue weighted by Gasteiger charge is 2.37. The summed E-state index contributed by atoms with van der Waals surface area (Å²) in [4.78, 5) is 35.8. The van der Waals surface area contributed by atoms with Crippen molar-refractivity contribution in [3.63, 3.8) is 0 Å². The highest BCUT2D eigenvalue weighted by atomic mass is 16.8. The van der Waals surface area contributed by atoms with E-state index in [0.29, 0.717) is 27.8 Å². The lowest BCUT2D eigenvalue weighted by Crippen LogP contribution is -2.42. The van der Waals surface area contributed by atoms with Gasteiger partial charge >= 0.3 is 5.97 Å². The van der Waals surface area contributed by atoms with E-state index in [0.717, 1.165) is 0 Å². The molecule has 0 unspecified atom stereocenters. The third-order valence-electron chi connectivity index (χ3n) is 4.71. The topological polar surface area (TPSA) is 89.9 Å². The molecule has 4 rings (SSSR count). The average Bonchev–Trinajstić information content (AvgIpc) is 2.82. The predicted molar refractivity (Wildman–Crippen MR) is 109 cm³/mol. The van der Waals surface area contributed by atoms with Crippen LogP contribution >= 0.6 is 0 Å². The number of ketones is 3. The molecule has 0 atom stereocenters. The summed E-state index contributed by atoms with van der Waals surface area (Å²) in [5, 5.41) is 9.56. The minimum absolute atomic E-state index is 0.0641. The van der Waals surface area contributed by atoms with Gasteiger partial charge in [0, 0.05) is 42.0 Å². The number of carbonyl (C=O) groups is 3. The number of hydrogen-bond donors (Lipinski definition) is 1. The molecule has 0 saturated heterocycles. The van der Waals surface area contributed by atoms with E-state index in [-0.39, 0.29) is 11.6 Å². The summed E-state index contributed by atoms with van der Waals surface area (Å²) in [5.74, 6) is -2.94. The maximum Gasteiger partial charge on any atom is 0.348 e. The normalized spacial score (nSPS) is 12.4. The fraction of sp³-hybridized carbons (Fsp3) is 0.125. The van der Waals surface area contributed by atoms with E-state index in [2.05, 4.69) is 9.47 Å². The number of carbonyl (C=O) groups excluding carboxylic acids is 3. The maximum absolute atomic E-state index is 12.1. The maximum atomic E-state index is 12.1. The van der Waals surface area contributed by atoms with Gasteiger partial charge in [0.2, 0.25) is 0 Å². The fourth-order valence-corrected chi connectivity index (χ4v) is 3.09. The standard InChI is InChI=1S/C14H8O2.C10H12O4/c15-13-9-5-1-2-6-10(9)14(16)12-8-4-3-7-11(12)13;1-13-10(12,14-2)9(11)8-6-4-3-5-7-8/h1-8H;3-7,12H,1-2H3. The van der Waals surface area contributed by atoms with Crippen molar-refractivity contribution in [3.8, 4) is 0 Å². The second-order valence-corrected chi connectivity index (χ2v) is 6.43. The Balaban J connectivity index is 0.000000173. The first-order valence-corrected chi connectivity index (χ1v) is 9.13. The van der Waals surface area contributed by atoms with Crippen LogP contribution in [0.5, 0.6) is 0 Å².